The van der Waals surface area contributed by atoms with E-state index >= 15 is 0 Å². The molecule has 0 saturated heterocycles. The van der Waals surface area contributed by atoms with Crippen molar-refractivity contribution < 1.29 is 17.9 Å². The summed E-state index contributed by atoms with van der Waals surface area (Å²) in [5, 5.41) is 3.17. The Morgan fingerprint density at radius 3 is 2.52 bits per heavy atom. The minimum absolute atomic E-state index is 0.0391. The lowest BCUT2D eigenvalue weighted by atomic mass is 10.2. The van der Waals surface area contributed by atoms with Crippen molar-refractivity contribution in [1.29, 1.82) is 0 Å². The second kappa shape index (κ2) is 9.15. The molecule has 1 amide bonds. The number of halogens is 1. The minimum Gasteiger partial charge on any atom is -0.489 e. The van der Waals surface area contributed by atoms with Crippen molar-refractivity contribution in [3.8, 4) is 5.75 Å². The topological polar surface area (TPSA) is 84.5 Å². The Morgan fingerprint density at radius 2 is 1.86 bits per heavy atom. The van der Waals surface area contributed by atoms with Crippen molar-refractivity contribution in [3.05, 3.63) is 53.1 Å². The van der Waals surface area contributed by atoms with Gasteiger partial charge in [-0.25, -0.2) is 13.1 Å². The number of anilines is 1. The molecule has 8 heteroatoms. The monoisotopic (exact) mass is 436 g/mol. The van der Waals surface area contributed by atoms with Crippen molar-refractivity contribution in [2.45, 2.75) is 56.6 Å². The number of ether oxygens (including phenoxy) is 1. The third kappa shape index (κ3) is 5.72. The van der Waals surface area contributed by atoms with E-state index < -0.39 is 15.9 Å². The Morgan fingerprint density at radius 1 is 1.14 bits per heavy atom. The van der Waals surface area contributed by atoms with Crippen molar-refractivity contribution >= 4 is 33.2 Å². The highest BCUT2D eigenvalue weighted by molar-refractivity contribution is 7.89. The summed E-state index contributed by atoms with van der Waals surface area (Å²) < 4.78 is 33.1. The van der Waals surface area contributed by atoms with Gasteiger partial charge >= 0.3 is 0 Å². The Labute approximate surface area is 176 Å². The molecule has 2 aromatic carbocycles. The molecule has 1 aliphatic rings. The molecule has 3 rings (SSSR count). The Bertz CT molecular complexity index is 986. The van der Waals surface area contributed by atoms with Crippen LogP contribution >= 0.6 is 11.6 Å². The molecule has 156 valence electrons. The zero-order valence-electron chi connectivity index (χ0n) is 16.4. The molecule has 2 aromatic rings. The molecule has 1 fully saturated rings. The Kier molecular flexibility index (Phi) is 6.82. The van der Waals surface area contributed by atoms with Gasteiger partial charge in [-0.1, -0.05) is 17.7 Å². The lowest BCUT2D eigenvalue weighted by Gasteiger charge is -2.15. The molecule has 29 heavy (non-hydrogen) atoms. The summed E-state index contributed by atoms with van der Waals surface area (Å²) in [6, 6.07) is 10.7. The maximum absolute atomic E-state index is 12.6. The minimum atomic E-state index is -3.68. The molecule has 6 nitrogen and oxygen atoms in total. The van der Waals surface area contributed by atoms with Gasteiger partial charge in [-0.05, 0) is 75.9 Å². The average Bonchev–Trinajstić information content (AvgIpc) is 3.16. The van der Waals surface area contributed by atoms with E-state index in [0.717, 1.165) is 25.7 Å². The fourth-order valence-electron chi connectivity index (χ4n) is 3.25. The fourth-order valence-corrected chi connectivity index (χ4v) is 4.77. The SMILES string of the molecule is CC(C)NS(=O)(=O)c1cccc(C(=O)Nc2ccc(OC3CCCC3)c(Cl)c2)c1. The second-order valence-electron chi connectivity index (χ2n) is 7.43. The first-order chi connectivity index (χ1) is 13.7. The van der Waals surface area contributed by atoms with Crippen LogP contribution in [0.3, 0.4) is 0 Å². The summed E-state index contributed by atoms with van der Waals surface area (Å²) in [4.78, 5) is 12.6. The number of benzene rings is 2. The highest BCUT2D eigenvalue weighted by Gasteiger charge is 2.19. The number of sulfonamides is 1. The van der Waals surface area contributed by atoms with Crippen molar-refractivity contribution in [3.63, 3.8) is 0 Å². The predicted molar refractivity (Wildman–Crippen MR) is 114 cm³/mol. The van der Waals surface area contributed by atoms with Crippen LogP contribution in [0.15, 0.2) is 47.4 Å². The average molecular weight is 437 g/mol. The molecular formula is C21H25ClN2O4S. The van der Waals surface area contributed by atoms with Crippen LogP contribution in [-0.2, 0) is 10.0 Å². The molecule has 1 aliphatic carbocycles. The standard InChI is InChI=1S/C21H25ClN2O4S/c1-14(2)24-29(26,27)18-9-5-6-15(12-18)21(25)23-16-10-11-20(19(22)13-16)28-17-7-3-4-8-17/h5-6,9-14,17,24H,3-4,7-8H2,1-2H3,(H,23,25). The van der Waals surface area contributed by atoms with Gasteiger partial charge in [0, 0.05) is 17.3 Å². The largest absolute Gasteiger partial charge is 0.489 e. The smallest absolute Gasteiger partial charge is 0.255 e. The second-order valence-corrected chi connectivity index (χ2v) is 9.55. The molecule has 0 aliphatic heterocycles. The Balaban J connectivity index is 1.71. The first kappa shape index (κ1) is 21.6. The first-order valence-electron chi connectivity index (χ1n) is 9.64. The molecule has 1 saturated carbocycles. The normalized spacial score (nSPS) is 14.9. The quantitative estimate of drug-likeness (QED) is 0.664. The maximum atomic E-state index is 12.6. The maximum Gasteiger partial charge on any atom is 0.255 e. The Hall–Kier alpha value is -2.09. The van der Waals surface area contributed by atoms with E-state index in [1.807, 2.05) is 0 Å². The van der Waals surface area contributed by atoms with Gasteiger partial charge in [0.25, 0.3) is 5.91 Å². The zero-order valence-corrected chi connectivity index (χ0v) is 18.0. The van der Waals surface area contributed by atoms with Crippen LogP contribution in [0.5, 0.6) is 5.75 Å². The van der Waals surface area contributed by atoms with Gasteiger partial charge in [0.2, 0.25) is 10.0 Å². The summed E-state index contributed by atoms with van der Waals surface area (Å²) in [5.74, 6) is 0.177. The van der Waals surface area contributed by atoms with Gasteiger partial charge in [-0.15, -0.1) is 0 Å². The third-order valence-corrected chi connectivity index (χ3v) is 6.53. The zero-order chi connectivity index (χ0) is 21.0. The van der Waals surface area contributed by atoms with Crippen molar-refractivity contribution in [2.75, 3.05) is 5.32 Å². The lowest BCUT2D eigenvalue weighted by molar-refractivity contribution is 0.102. The van der Waals surface area contributed by atoms with Gasteiger partial charge in [0.05, 0.1) is 16.0 Å². The van der Waals surface area contributed by atoms with Gasteiger partial charge in [-0.3, -0.25) is 4.79 Å². The van der Waals surface area contributed by atoms with E-state index in [4.69, 9.17) is 16.3 Å². The van der Waals surface area contributed by atoms with Crippen molar-refractivity contribution in [2.24, 2.45) is 0 Å². The van der Waals surface area contributed by atoms with Crippen LogP contribution in [-0.4, -0.2) is 26.5 Å². The van der Waals surface area contributed by atoms with Crippen LogP contribution in [0.2, 0.25) is 5.02 Å². The molecule has 0 atom stereocenters. The molecule has 0 radical (unpaired) electrons. The summed E-state index contributed by atoms with van der Waals surface area (Å²) in [5.41, 5.74) is 0.742. The lowest BCUT2D eigenvalue weighted by Crippen LogP contribution is -2.30. The molecule has 0 unspecified atom stereocenters. The third-order valence-electron chi connectivity index (χ3n) is 4.58. The number of carbonyl (C=O) groups is 1. The van der Waals surface area contributed by atoms with E-state index in [2.05, 4.69) is 10.0 Å². The fraction of sp³-hybridized carbons (Fsp3) is 0.381. The number of nitrogens with one attached hydrogen (secondary N) is 2. The molecule has 2 N–H and O–H groups in total. The number of hydrogen-bond donors (Lipinski definition) is 2. The molecule has 0 heterocycles. The summed E-state index contributed by atoms with van der Waals surface area (Å²) in [6.07, 6.45) is 4.58. The van der Waals surface area contributed by atoms with E-state index in [1.54, 1.807) is 38.1 Å². The van der Waals surface area contributed by atoms with Gasteiger partial charge < -0.3 is 10.1 Å². The van der Waals surface area contributed by atoms with E-state index in [0.29, 0.717) is 16.5 Å². The van der Waals surface area contributed by atoms with Gasteiger partial charge in [0.15, 0.2) is 0 Å². The van der Waals surface area contributed by atoms with Crippen LogP contribution in [0.25, 0.3) is 0 Å². The van der Waals surface area contributed by atoms with E-state index in [1.165, 1.54) is 18.2 Å². The highest BCUT2D eigenvalue weighted by atomic mass is 35.5. The summed E-state index contributed by atoms with van der Waals surface area (Å²) in [6.45, 7) is 3.47. The van der Waals surface area contributed by atoms with Crippen LogP contribution in [0.4, 0.5) is 5.69 Å². The van der Waals surface area contributed by atoms with Gasteiger partial charge in [0.1, 0.15) is 5.75 Å². The molecule has 0 spiro atoms. The van der Waals surface area contributed by atoms with E-state index in [9.17, 15) is 13.2 Å². The van der Waals surface area contributed by atoms with Crippen LogP contribution < -0.4 is 14.8 Å². The molecule has 0 bridgehead atoms. The molecule has 0 aromatic heterocycles. The number of rotatable bonds is 7. The number of hydrogen-bond acceptors (Lipinski definition) is 4. The van der Waals surface area contributed by atoms with Crippen molar-refractivity contribution in [1.82, 2.24) is 4.72 Å². The number of carbonyl (C=O) groups excluding carboxylic acids is 1. The summed E-state index contributed by atoms with van der Waals surface area (Å²) in [7, 11) is -3.68. The van der Waals surface area contributed by atoms with E-state index in [-0.39, 0.29) is 22.6 Å². The summed E-state index contributed by atoms with van der Waals surface area (Å²) >= 11 is 6.31. The van der Waals surface area contributed by atoms with Crippen LogP contribution in [0.1, 0.15) is 49.9 Å². The highest BCUT2D eigenvalue weighted by Crippen LogP contribution is 2.32. The first-order valence-corrected chi connectivity index (χ1v) is 11.5. The predicted octanol–water partition coefficient (Wildman–Crippen LogP) is 4.60. The molecular weight excluding hydrogens is 412 g/mol. The van der Waals surface area contributed by atoms with Crippen LogP contribution in [0, 0.1) is 0 Å². The van der Waals surface area contributed by atoms with Gasteiger partial charge in [-0.2, -0.15) is 0 Å². The number of amides is 1.